The molecule has 9 heteroatoms. The summed E-state index contributed by atoms with van der Waals surface area (Å²) >= 11 is 0. The Bertz CT molecular complexity index is 1160. The molecule has 1 fully saturated rings. The fourth-order valence-corrected chi connectivity index (χ4v) is 5.30. The van der Waals surface area contributed by atoms with Gasteiger partial charge in [0, 0.05) is 43.9 Å². The third-order valence-electron chi connectivity index (χ3n) is 7.16. The Morgan fingerprint density at radius 2 is 1.83 bits per heavy atom. The van der Waals surface area contributed by atoms with Gasteiger partial charge in [0.15, 0.2) is 11.5 Å². The molecule has 194 valence electrons. The van der Waals surface area contributed by atoms with Gasteiger partial charge in [0.1, 0.15) is 6.04 Å². The number of pyridine rings is 1. The average Bonchev–Trinajstić information content (AvgIpc) is 2.87. The molecule has 0 radical (unpaired) electrons. The maximum absolute atomic E-state index is 13.2. The van der Waals surface area contributed by atoms with Crippen molar-refractivity contribution in [1.29, 1.82) is 0 Å². The lowest BCUT2D eigenvalue weighted by Gasteiger charge is -2.43. The van der Waals surface area contributed by atoms with Crippen molar-refractivity contribution in [2.24, 2.45) is 11.8 Å². The highest BCUT2D eigenvalue weighted by molar-refractivity contribution is 5.87. The Morgan fingerprint density at radius 1 is 1.06 bits per heavy atom. The van der Waals surface area contributed by atoms with E-state index in [-0.39, 0.29) is 35.3 Å². The quantitative estimate of drug-likeness (QED) is 0.584. The number of hydrogen-bond donors (Lipinski definition) is 2. The number of carbonyl (C=O) groups is 2. The van der Waals surface area contributed by atoms with Crippen LogP contribution in [0.2, 0.25) is 0 Å². The molecule has 1 saturated heterocycles. The number of nitrogens with one attached hydrogen (secondary N) is 2. The standard InChI is InChI=1S/C27H36N4O5/c1-17(2)25(26(33)28-11-10-18-8-9-22(35-3)23(13-18)36-4)29-27(34)30-14-19-12-20(16-30)21-6-5-7-24(32)31(21)15-19/h5-9,13,17,19-20,25H,10-12,14-16H2,1-4H3,(H,28,33)(H,29,34)/t19-,20+,25+/m1/s1. The maximum atomic E-state index is 13.2. The number of aromatic nitrogens is 1. The highest BCUT2D eigenvalue weighted by Crippen LogP contribution is 2.35. The van der Waals surface area contributed by atoms with Crippen molar-refractivity contribution in [1.82, 2.24) is 20.1 Å². The number of benzene rings is 1. The first-order chi connectivity index (χ1) is 17.3. The first kappa shape index (κ1) is 25.6. The van der Waals surface area contributed by atoms with E-state index in [0.717, 1.165) is 17.7 Å². The fraction of sp³-hybridized carbons (Fsp3) is 0.519. The minimum absolute atomic E-state index is 0.0183. The molecule has 1 aromatic heterocycles. The molecule has 3 atom stereocenters. The Labute approximate surface area is 211 Å². The monoisotopic (exact) mass is 496 g/mol. The van der Waals surface area contributed by atoms with E-state index in [2.05, 4.69) is 10.6 Å². The first-order valence-corrected chi connectivity index (χ1v) is 12.5. The van der Waals surface area contributed by atoms with E-state index in [0.29, 0.717) is 44.1 Å². The van der Waals surface area contributed by atoms with Crippen molar-refractivity contribution in [3.05, 3.63) is 58.0 Å². The number of methoxy groups -OCH3 is 2. The van der Waals surface area contributed by atoms with Crippen molar-refractivity contribution in [2.75, 3.05) is 33.9 Å². The molecule has 3 amide bonds. The van der Waals surface area contributed by atoms with Crippen LogP contribution in [-0.2, 0) is 17.8 Å². The molecule has 0 unspecified atom stereocenters. The summed E-state index contributed by atoms with van der Waals surface area (Å²) < 4.78 is 12.5. The number of urea groups is 1. The van der Waals surface area contributed by atoms with Gasteiger partial charge in [0.25, 0.3) is 5.56 Å². The SMILES string of the molecule is COc1ccc(CCNC(=O)[C@@H](NC(=O)N2C[C@H]3C[C@@H](C2)c2cccc(=O)n2C3)C(C)C)cc1OC. The Morgan fingerprint density at radius 3 is 2.56 bits per heavy atom. The number of piperidine rings is 1. The lowest BCUT2D eigenvalue weighted by Crippen LogP contribution is -2.57. The summed E-state index contributed by atoms with van der Waals surface area (Å²) in [5.74, 6) is 1.39. The van der Waals surface area contributed by atoms with Crippen LogP contribution in [0.25, 0.3) is 0 Å². The van der Waals surface area contributed by atoms with Crippen molar-refractivity contribution in [3.63, 3.8) is 0 Å². The van der Waals surface area contributed by atoms with E-state index in [1.807, 2.05) is 42.7 Å². The van der Waals surface area contributed by atoms with Crippen molar-refractivity contribution >= 4 is 11.9 Å². The number of ether oxygens (including phenoxy) is 2. The van der Waals surface area contributed by atoms with Gasteiger partial charge in [-0.15, -0.1) is 0 Å². The second-order valence-electron chi connectivity index (χ2n) is 10.0. The van der Waals surface area contributed by atoms with E-state index in [1.54, 1.807) is 31.3 Å². The number of likely N-dealkylation sites (tertiary alicyclic amines) is 1. The van der Waals surface area contributed by atoms with Crippen LogP contribution in [0.3, 0.4) is 0 Å². The van der Waals surface area contributed by atoms with E-state index >= 15 is 0 Å². The second-order valence-corrected chi connectivity index (χ2v) is 10.0. The summed E-state index contributed by atoms with van der Waals surface area (Å²) in [7, 11) is 3.18. The van der Waals surface area contributed by atoms with Crippen molar-refractivity contribution in [3.8, 4) is 11.5 Å². The van der Waals surface area contributed by atoms with Crippen LogP contribution in [0.4, 0.5) is 4.79 Å². The number of amides is 3. The van der Waals surface area contributed by atoms with E-state index < -0.39 is 6.04 Å². The van der Waals surface area contributed by atoms with Gasteiger partial charge < -0.3 is 29.6 Å². The largest absolute Gasteiger partial charge is 0.493 e. The smallest absolute Gasteiger partial charge is 0.318 e. The molecule has 2 aliphatic heterocycles. The number of nitrogens with zero attached hydrogens (tertiary/aromatic N) is 2. The van der Waals surface area contributed by atoms with Gasteiger partial charge in [-0.2, -0.15) is 0 Å². The molecular weight excluding hydrogens is 460 g/mol. The van der Waals surface area contributed by atoms with Crippen molar-refractivity contribution in [2.45, 2.75) is 45.2 Å². The summed E-state index contributed by atoms with van der Waals surface area (Å²) in [4.78, 5) is 40.2. The third-order valence-corrected chi connectivity index (χ3v) is 7.16. The van der Waals surface area contributed by atoms with Crippen LogP contribution in [0.5, 0.6) is 11.5 Å². The molecule has 2 bridgehead atoms. The predicted octanol–water partition coefficient (Wildman–Crippen LogP) is 2.38. The van der Waals surface area contributed by atoms with Gasteiger partial charge in [-0.1, -0.05) is 26.0 Å². The van der Waals surface area contributed by atoms with E-state index in [1.165, 1.54) is 0 Å². The van der Waals surface area contributed by atoms with Crippen LogP contribution >= 0.6 is 0 Å². The summed E-state index contributed by atoms with van der Waals surface area (Å²) in [6, 6.07) is 10.2. The molecule has 0 saturated carbocycles. The molecule has 2 aromatic rings. The van der Waals surface area contributed by atoms with Gasteiger partial charge >= 0.3 is 6.03 Å². The van der Waals surface area contributed by atoms with Crippen LogP contribution < -0.4 is 25.7 Å². The molecule has 2 N–H and O–H groups in total. The molecule has 2 aliphatic rings. The molecule has 4 rings (SSSR count). The van der Waals surface area contributed by atoms with Crippen molar-refractivity contribution < 1.29 is 19.1 Å². The number of carbonyl (C=O) groups excluding carboxylic acids is 2. The lowest BCUT2D eigenvalue weighted by molar-refractivity contribution is -0.123. The van der Waals surface area contributed by atoms with Gasteiger partial charge in [-0.25, -0.2) is 4.79 Å². The van der Waals surface area contributed by atoms with E-state index in [9.17, 15) is 14.4 Å². The van der Waals surface area contributed by atoms with Crippen LogP contribution in [-0.4, -0.2) is 61.3 Å². The lowest BCUT2D eigenvalue weighted by atomic mass is 9.83. The molecule has 0 aliphatic carbocycles. The normalized spacial score (nSPS) is 19.3. The Balaban J connectivity index is 1.34. The molecular formula is C27H36N4O5. The second kappa shape index (κ2) is 11.1. The Kier molecular flexibility index (Phi) is 7.86. The molecule has 1 aromatic carbocycles. The third kappa shape index (κ3) is 5.50. The first-order valence-electron chi connectivity index (χ1n) is 12.5. The number of fused-ring (bicyclic) bond motifs is 4. The van der Waals surface area contributed by atoms with Crippen LogP contribution in [0.15, 0.2) is 41.2 Å². The topological polar surface area (TPSA) is 102 Å². The zero-order valence-corrected chi connectivity index (χ0v) is 21.5. The maximum Gasteiger partial charge on any atom is 0.318 e. The summed E-state index contributed by atoms with van der Waals surface area (Å²) in [5.41, 5.74) is 2.02. The molecule has 3 heterocycles. The molecule has 36 heavy (non-hydrogen) atoms. The minimum atomic E-state index is -0.639. The van der Waals surface area contributed by atoms with E-state index in [4.69, 9.17) is 9.47 Å². The zero-order valence-electron chi connectivity index (χ0n) is 21.5. The van der Waals surface area contributed by atoms with Gasteiger partial charge in [0.05, 0.1) is 14.2 Å². The van der Waals surface area contributed by atoms with Crippen LogP contribution in [0, 0.1) is 11.8 Å². The average molecular weight is 497 g/mol. The highest BCUT2D eigenvalue weighted by Gasteiger charge is 2.37. The summed E-state index contributed by atoms with van der Waals surface area (Å²) in [6.45, 7) is 6.03. The molecule has 9 nitrogen and oxygen atoms in total. The van der Waals surface area contributed by atoms with Gasteiger partial charge in [0.2, 0.25) is 5.91 Å². The molecule has 0 spiro atoms. The number of hydrogen-bond acceptors (Lipinski definition) is 5. The highest BCUT2D eigenvalue weighted by atomic mass is 16.5. The summed E-state index contributed by atoms with van der Waals surface area (Å²) in [6.07, 6.45) is 1.59. The predicted molar refractivity (Wildman–Crippen MR) is 137 cm³/mol. The van der Waals surface area contributed by atoms with Crippen LogP contribution in [0.1, 0.15) is 37.4 Å². The number of rotatable bonds is 8. The fourth-order valence-electron chi connectivity index (χ4n) is 5.30. The van der Waals surface area contributed by atoms with Gasteiger partial charge in [-0.3, -0.25) is 9.59 Å². The summed E-state index contributed by atoms with van der Waals surface area (Å²) in [5, 5.41) is 5.93. The zero-order chi connectivity index (χ0) is 25.8. The minimum Gasteiger partial charge on any atom is -0.493 e. The Hall–Kier alpha value is -3.49. The van der Waals surface area contributed by atoms with Gasteiger partial charge in [-0.05, 0) is 48.4 Å².